The number of nitrogens with one attached hydrogen (secondary N) is 1. The lowest BCUT2D eigenvalue weighted by atomic mass is 10.1. The fraction of sp³-hybridized carbons (Fsp3) is 0.462. The second kappa shape index (κ2) is 5.19. The van der Waals surface area contributed by atoms with E-state index in [0.717, 1.165) is 12.1 Å². The number of carbonyl (C=O) groups is 1. The Kier molecular flexibility index (Phi) is 3.64. The van der Waals surface area contributed by atoms with Crippen LogP contribution in [0.3, 0.4) is 0 Å². The first-order valence-electron chi connectivity index (χ1n) is 6.00. The molecule has 0 bridgehead atoms. The molecular formula is C13H18N2O2. The third-order valence-electron chi connectivity index (χ3n) is 3.13. The third-order valence-corrected chi connectivity index (χ3v) is 3.13. The molecule has 1 aromatic rings. The maximum absolute atomic E-state index is 12.2. The van der Waals surface area contributed by atoms with E-state index in [2.05, 4.69) is 5.32 Å². The SMILES string of the molecule is CCN(CCO)C(=O)[C@@H]1Cc2ccccc2N1. The van der Waals surface area contributed by atoms with Gasteiger partial charge in [0.1, 0.15) is 6.04 Å². The van der Waals surface area contributed by atoms with Crippen molar-refractivity contribution in [2.45, 2.75) is 19.4 Å². The van der Waals surface area contributed by atoms with Crippen molar-refractivity contribution in [1.29, 1.82) is 0 Å². The van der Waals surface area contributed by atoms with Crippen LogP contribution in [0.25, 0.3) is 0 Å². The van der Waals surface area contributed by atoms with E-state index in [-0.39, 0.29) is 18.6 Å². The molecule has 17 heavy (non-hydrogen) atoms. The predicted molar refractivity (Wildman–Crippen MR) is 66.9 cm³/mol. The van der Waals surface area contributed by atoms with E-state index in [1.807, 2.05) is 31.2 Å². The van der Waals surface area contributed by atoms with E-state index >= 15 is 0 Å². The first kappa shape index (κ1) is 11.9. The quantitative estimate of drug-likeness (QED) is 0.812. The molecule has 1 aliphatic rings. The summed E-state index contributed by atoms with van der Waals surface area (Å²) in [5.41, 5.74) is 2.23. The van der Waals surface area contributed by atoms with E-state index in [9.17, 15) is 4.79 Å². The van der Waals surface area contributed by atoms with Crippen LogP contribution in [0, 0.1) is 0 Å². The first-order valence-corrected chi connectivity index (χ1v) is 6.00. The molecule has 0 spiro atoms. The van der Waals surface area contributed by atoms with E-state index < -0.39 is 0 Å². The fourth-order valence-electron chi connectivity index (χ4n) is 2.21. The summed E-state index contributed by atoms with van der Waals surface area (Å²) < 4.78 is 0. The summed E-state index contributed by atoms with van der Waals surface area (Å²) in [6.07, 6.45) is 0.733. The zero-order valence-electron chi connectivity index (χ0n) is 10.0. The molecule has 2 N–H and O–H groups in total. The monoisotopic (exact) mass is 234 g/mol. The van der Waals surface area contributed by atoms with Crippen LogP contribution in [0.5, 0.6) is 0 Å². The highest BCUT2D eigenvalue weighted by molar-refractivity contribution is 5.87. The maximum Gasteiger partial charge on any atom is 0.245 e. The molecule has 0 aliphatic carbocycles. The lowest BCUT2D eigenvalue weighted by Crippen LogP contribution is -2.43. The minimum Gasteiger partial charge on any atom is -0.395 e. The molecule has 1 aromatic carbocycles. The van der Waals surface area contributed by atoms with Crippen molar-refractivity contribution in [1.82, 2.24) is 4.90 Å². The van der Waals surface area contributed by atoms with Crippen molar-refractivity contribution in [3.05, 3.63) is 29.8 Å². The van der Waals surface area contributed by atoms with Crippen LogP contribution in [0.2, 0.25) is 0 Å². The number of likely N-dealkylation sites (N-methyl/N-ethyl adjacent to an activating group) is 1. The number of aliphatic hydroxyl groups excluding tert-OH is 1. The molecule has 2 rings (SSSR count). The number of amides is 1. The Hall–Kier alpha value is -1.55. The Bertz CT molecular complexity index is 381. The van der Waals surface area contributed by atoms with Gasteiger partial charge in [-0.05, 0) is 18.6 Å². The number of carbonyl (C=O) groups excluding carboxylic acids is 1. The third kappa shape index (κ3) is 2.42. The summed E-state index contributed by atoms with van der Waals surface area (Å²) in [4.78, 5) is 13.9. The minimum atomic E-state index is -0.182. The van der Waals surface area contributed by atoms with Gasteiger partial charge < -0.3 is 15.3 Å². The van der Waals surface area contributed by atoms with Gasteiger partial charge in [0.2, 0.25) is 5.91 Å². The largest absolute Gasteiger partial charge is 0.395 e. The molecule has 1 heterocycles. The van der Waals surface area contributed by atoms with E-state index in [1.165, 1.54) is 5.56 Å². The topological polar surface area (TPSA) is 52.6 Å². The summed E-state index contributed by atoms with van der Waals surface area (Å²) in [7, 11) is 0. The first-order chi connectivity index (χ1) is 8.26. The van der Waals surface area contributed by atoms with Gasteiger partial charge in [0, 0.05) is 25.2 Å². The van der Waals surface area contributed by atoms with Crippen LogP contribution in [0.15, 0.2) is 24.3 Å². The van der Waals surface area contributed by atoms with Crippen molar-refractivity contribution in [2.75, 3.05) is 25.0 Å². The highest BCUT2D eigenvalue weighted by Crippen LogP contribution is 2.25. The lowest BCUT2D eigenvalue weighted by Gasteiger charge is -2.23. The van der Waals surface area contributed by atoms with Gasteiger partial charge in [-0.25, -0.2) is 0 Å². The summed E-state index contributed by atoms with van der Waals surface area (Å²) in [5, 5.41) is 12.2. The predicted octanol–water partition coefficient (Wildman–Crippen LogP) is 0.864. The molecule has 0 aromatic heterocycles. The molecule has 1 amide bonds. The number of benzene rings is 1. The molecule has 1 aliphatic heterocycles. The van der Waals surface area contributed by atoms with Crippen LogP contribution in [-0.4, -0.2) is 41.7 Å². The number of rotatable bonds is 4. The molecule has 0 fully saturated rings. The lowest BCUT2D eigenvalue weighted by molar-refractivity contribution is -0.132. The Morgan fingerprint density at radius 1 is 1.53 bits per heavy atom. The van der Waals surface area contributed by atoms with Gasteiger partial charge in [-0.1, -0.05) is 18.2 Å². The van der Waals surface area contributed by atoms with Gasteiger partial charge in [0.25, 0.3) is 0 Å². The van der Waals surface area contributed by atoms with Gasteiger partial charge in [0.15, 0.2) is 0 Å². The van der Waals surface area contributed by atoms with Crippen LogP contribution in [0.4, 0.5) is 5.69 Å². The van der Waals surface area contributed by atoms with Crippen molar-refractivity contribution in [2.24, 2.45) is 0 Å². The average Bonchev–Trinajstić information content (AvgIpc) is 2.78. The Balaban J connectivity index is 2.04. The zero-order chi connectivity index (χ0) is 12.3. The number of anilines is 1. The van der Waals surface area contributed by atoms with Crippen molar-refractivity contribution >= 4 is 11.6 Å². The molecule has 0 saturated heterocycles. The van der Waals surface area contributed by atoms with Gasteiger partial charge in [-0.2, -0.15) is 0 Å². The number of aliphatic hydroxyl groups is 1. The number of para-hydroxylation sites is 1. The Labute approximate surface area is 101 Å². The van der Waals surface area contributed by atoms with Crippen LogP contribution < -0.4 is 5.32 Å². The summed E-state index contributed by atoms with van der Waals surface area (Å²) >= 11 is 0. The number of hydrogen-bond acceptors (Lipinski definition) is 3. The maximum atomic E-state index is 12.2. The normalized spacial score (nSPS) is 17.4. The second-order valence-electron chi connectivity index (χ2n) is 4.20. The highest BCUT2D eigenvalue weighted by atomic mass is 16.3. The Morgan fingerprint density at radius 3 is 2.94 bits per heavy atom. The summed E-state index contributed by atoms with van der Waals surface area (Å²) in [6.45, 7) is 2.98. The average molecular weight is 234 g/mol. The van der Waals surface area contributed by atoms with Crippen molar-refractivity contribution in [3.63, 3.8) is 0 Å². The highest BCUT2D eigenvalue weighted by Gasteiger charge is 2.28. The van der Waals surface area contributed by atoms with Crippen LogP contribution >= 0.6 is 0 Å². The van der Waals surface area contributed by atoms with E-state index in [1.54, 1.807) is 4.90 Å². The molecular weight excluding hydrogens is 216 g/mol. The molecule has 0 radical (unpaired) electrons. The van der Waals surface area contributed by atoms with Crippen LogP contribution in [-0.2, 0) is 11.2 Å². The smallest absolute Gasteiger partial charge is 0.245 e. The standard InChI is InChI=1S/C13H18N2O2/c1-2-15(7-8-16)13(17)12-9-10-5-3-4-6-11(10)14-12/h3-6,12,14,16H,2,7-9H2,1H3/t12-/m0/s1. The summed E-state index contributed by atoms with van der Waals surface area (Å²) in [5.74, 6) is 0.0674. The molecule has 4 nitrogen and oxygen atoms in total. The number of hydrogen-bond donors (Lipinski definition) is 2. The second-order valence-corrected chi connectivity index (χ2v) is 4.20. The summed E-state index contributed by atoms with van der Waals surface area (Å²) in [6, 6.07) is 7.80. The van der Waals surface area contributed by atoms with Gasteiger partial charge in [-0.3, -0.25) is 4.79 Å². The number of nitrogens with zero attached hydrogens (tertiary/aromatic N) is 1. The van der Waals surface area contributed by atoms with E-state index in [0.29, 0.717) is 13.1 Å². The van der Waals surface area contributed by atoms with Gasteiger partial charge >= 0.3 is 0 Å². The molecule has 0 unspecified atom stereocenters. The van der Waals surface area contributed by atoms with E-state index in [4.69, 9.17) is 5.11 Å². The van der Waals surface area contributed by atoms with Crippen molar-refractivity contribution < 1.29 is 9.90 Å². The molecule has 1 atom stereocenters. The van der Waals surface area contributed by atoms with Gasteiger partial charge in [-0.15, -0.1) is 0 Å². The number of fused-ring (bicyclic) bond motifs is 1. The molecule has 4 heteroatoms. The fourth-order valence-corrected chi connectivity index (χ4v) is 2.21. The Morgan fingerprint density at radius 2 is 2.29 bits per heavy atom. The molecule has 92 valence electrons. The van der Waals surface area contributed by atoms with Gasteiger partial charge in [0.05, 0.1) is 6.61 Å². The van der Waals surface area contributed by atoms with Crippen LogP contribution in [0.1, 0.15) is 12.5 Å². The van der Waals surface area contributed by atoms with Crippen molar-refractivity contribution in [3.8, 4) is 0 Å². The minimum absolute atomic E-state index is 0.0131. The molecule has 0 saturated carbocycles. The zero-order valence-corrected chi connectivity index (χ0v) is 10.0.